The Morgan fingerprint density at radius 1 is 1.17 bits per heavy atom. The Morgan fingerprint density at radius 2 is 1.91 bits per heavy atom. The van der Waals surface area contributed by atoms with Crippen molar-refractivity contribution in [3.8, 4) is 5.75 Å². The van der Waals surface area contributed by atoms with Crippen LogP contribution in [0.1, 0.15) is 5.56 Å². The zero-order chi connectivity index (χ0) is 16.8. The molecule has 5 nitrogen and oxygen atoms in total. The monoisotopic (exact) mass is 331 g/mol. The van der Waals surface area contributed by atoms with Gasteiger partial charge in [-0.15, -0.1) is 0 Å². The van der Waals surface area contributed by atoms with E-state index in [1.807, 2.05) is 0 Å². The van der Waals surface area contributed by atoms with E-state index >= 15 is 0 Å². The third kappa shape index (κ3) is 4.59. The smallest absolute Gasteiger partial charge is 0.296 e. The molecule has 0 radical (unpaired) electrons. The molecule has 0 saturated carbocycles. The van der Waals surface area contributed by atoms with Crippen LogP contribution in [0.15, 0.2) is 54.6 Å². The first-order valence-corrected chi connectivity index (χ1v) is 7.03. The summed E-state index contributed by atoms with van der Waals surface area (Å²) >= 11 is 5.80. The molecule has 0 unspecified atom stereocenters. The molecule has 118 valence electrons. The second-order valence-corrected chi connectivity index (χ2v) is 5.03. The van der Waals surface area contributed by atoms with Gasteiger partial charge in [-0.1, -0.05) is 29.8 Å². The van der Waals surface area contributed by atoms with Crippen molar-refractivity contribution in [2.24, 2.45) is 0 Å². The Bertz CT molecular complexity index is 771. The SMILES string of the molecule is COc1cccc(/C(O)=C/C(=O)C(=O)Nc2cccc(Cl)c2)c1. The standard InChI is InChI=1S/C17H14ClNO4/c1-23-14-7-2-4-11(8-14)15(20)10-16(21)17(22)19-13-6-3-5-12(18)9-13/h2-10,20H,1H3,(H,19,22)/b15-10-. The molecule has 0 spiro atoms. The van der Waals surface area contributed by atoms with E-state index in [1.54, 1.807) is 42.5 Å². The van der Waals surface area contributed by atoms with Gasteiger partial charge < -0.3 is 15.2 Å². The summed E-state index contributed by atoms with van der Waals surface area (Å²) in [5.41, 5.74) is 0.762. The van der Waals surface area contributed by atoms with Crippen LogP contribution in [0.3, 0.4) is 0 Å². The van der Waals surface area contributed by atoms with Crippen LogP contribution < -0.4 is 10.1 Å². The van der Waals surface area contributed by atoms with Gasteiger partial charge in [0.05, 0.1) is 7.11 Å². The Morgan fingerprint density at radius 3 is 2.61 bits per heavy atom. The Labute approximate surface area is 138 Å². The molecule has 23 heavy (non-hydrogen) atoms. The van der Waals surface area contributed by atoms with Gasteiger partial charge in [0.25, 0.3) is 5.91 Å². The molecule has 0 bridgehead atoms. The molecule has 6 heteroatoms. The maximum atomic E-state index is 11.9. The van der Waals surface area contributed by atoms with Gasteiger partial charge in [-0.05, 0) is 30.3 Å². The van der Waals surface area contributed by atoms with Gasteiger partial charge in [0.2, 0.25) is 5.78 Å². The van der Waals surface area contributed by atoms with Crippen molar-refractivity contribution in [1.29, 1.82) is 0 Å². The summed E-state index contributed by atoms with van der Waals surface area (Å²) in [6.07, 6.45) is 0.856. The molecular weight excluding hydrogens is 318 g/mol. The van der Waals surface area contributed by atoms with Crippen LogP contribution in [0.4, 0.5) is 5.69 Å². The second-order valence-electron chi connectivity index (χ2n) is 4.59. The van der Waals surface area contributed by atoms with Crippen molar-refractivity contribution in [2.75, 3.05) is 12.4 Å². The van der Waals surface area contributed by atoms with E-state index in [1.165, 1.54) is 13.2 Å². The largest absolute Gasteiger partial charge is 0.507 e. The maximum Gasteiger partial charge on any atom is 0.296 e. The number of nitrogens with one attached hydrogen (secondary N) is 1. The lowest BCUT2D eigenvalue weighted by molar-refractivity contribution is -0.131. The number of anilines is 1. The second kappa shape index (κ2) is 7.47. The molecule has 0 saturated heterocycles. The number of ketones is 1. The quantitative estimate of drug-likeness (QED) is 0.500. The van der Waals surface area contributed by atoms with Crippen LogP contribution in [-0.2, 0) is 9.59 Å². The third-order valence-electron chi connectivity index (χ3n) is 2.94. The fourth-order valence-corrected chi connectivity index (χ4v) is 2.00. The van der Waals surface area contributed by atoms with Crippen molar-refractivity contribution in [3.63, 3.8) is 0 Å². The van der Waals surface area contributed by atoms with E-state index in [0.29, 0.717) is 22.0 Å². The van der Waals surface area contributed by atoms with Crippen LogP contribution >= 0.6 is 11.6 Å². The normalized spacial score (nSPS) is 11.0. The molecule has 0 aromatic heterocycles. The molecule has 0 aliphatic carbocycles. The number of ether oxygens (including phenoxy) is 1. The molecule has 0 aliphatic heterocycles. The minimum atomic E-state index is -0.884. The molecule has 2 rings (SSSR count). The lowest BCUT2D eigenvalue weighted by Crippen LogP contribution is -2.21. The minimum Gasteiger partial charge on any atom is -0.507 e. The van der Waals surface area contributed by atoms with Gasteiger partial charge in [0, 0.05) is 22.3 Å². The van der Waals surface area contributed by atoms with Crippen molar-refractivity contribution < 1.29 is 19.4 Å². The zero-order valence-corrected chi connectivity index (χ0v) is 13.0. The molecule has 0 atom stereocenters. The summed E-state index contributed by atoms with van der Waals surface area (Å²) < 4.78 is 5.03. The Kier molecular flexibility index (Phi) is 5.38. The number of aliphatic hydroxyl groups excluding tert-OH is 1. The molecule has 2 aromatic carbocycles. The Balaban J connectivity index is 2.11. The number of rotatable bonds is 5. The van der Waals surface area contributed by atoms with Gasteiger partial charge >= 0.3 is 0 Å². The summed E-state index contributed by atoms with van der Waals surface area (Å²) in [6, 6.07) is 12.9. The van der Waals surface area contributed by atoms with E-state index in [0.717, 1.165) is 6.08 Å². The van der Waals surface area contributed by atoms with Gasteiger partial charge in [0.15, 0.2) is 0 Å². The van der Waals surface area contributed by atoms with Crippen molar-refractivity contribution >= 4 is 34.7 Å². The van der Waals surface area contributed by atoms with E-state index in [-0.39, 0.29) is 5.76 Å². The summed E-state index contributed by atoms with van der Waals surface area (Å²) in [4.78, 5) is 23.7. The molecular formula is C17H14ClNO4. The summed E-state index contributed by atoms with van der Waals surface area (Å²) in [5.74, 6) is -1.56. The van der Waals surface area contributed by atoms with Crippen LogP contribution in [0.2, 0.25) is 5.02 Å². The number of hydrogen-bond donors (Lipinski definition) is 2. The van der Waals surface area contributed by atoms with E-state index in [4.69, 9.17) is 16.3 Å². The first-order chi connectivity index (χ1) is 11.0. The fourth-order valence-electron chi connectivity index (χ4n) is 1.81. The Hall–Kier alpha value is -2.79. The number of carbonyl (C=O) groups is 2. The highest BCUT2D eigenvalue weighted by molar-refractivity contribution is 6.45. The lowest BCUT2D eigenvalue weighted by atomic mass is 10.1. The van der Waals surface area contributed by atoms with E-state index in [9.17, 15) is 14.7 Å². The number of methoxy groups -OCH3 is 1. The first-order valence-electron chi connectivity index (χ1n) is 6.65. The van der Waals surface area contributed by atoms with Gasteiger partial charge in [-0.25, -0.2) is 0 Å². The van der Waals surface area contributed by atoms with Crippen LogP contribution in [0, 0.1) is 0 Å². The molecule has 0 heterocycles. The molecule has 2 aromatic rings. The summed E-state index contributed by atoms with van der Waals surface area (Å²) in [5, 5.41) is 12.8. The number of carbonyl (C=O) groups excluding carboxylic acids is 2. The average molecular weight is 332 g/mol. The average Bonchev–Trinajstić information content (AvgIpc) is 2.54. The number of halogens is 1. The number of hydrogen-bond acceptors (Lipinski definition) is 4. The van der Waals surface area contributed by atoms with Gasteiger partial charge in [-0.2, -0.15) is 0 Å². The van der Waals surface area contributed by atoms with E-state index < -0.39 is 11.7 Å². The first kappa shape index (κ1) is 16.6. The van der Waals surface area contributed by atoms with Crippen LogP contribution in [0.25, 0.3) is 5.76 Å². The highest BCUT2D eigenvalue weighted by Crippen LogP contribution is 2.18. The topological polar surface area (TPSA) is 75.6 Å². The van der Waals surface area contributed by atoms with Crippen molar-refractivity contribution in [1.82, 2.24) is 0 Å². The molecule has 1 amide bonds. The third-order valence-corrected chi connectivity index (χ3v) is 3.17. The van der Waals surface area contributed by atoms with Gasteiger partial charge in [-0.3, -0.25) is 9.59 Å². The molecule has 0 aliphatic rings. The predicted octanol–water partition coefficient (Wildman–Crippen LogP) is 3.46. The van der Waals surface area contributed by atoms with Crippen LogP contribution in [0.5, 0.6) is 5.75 Å². The van der Waals surface area contributed by atoms with Crippen molar-refractivity contribution in [3.05, 3.63) is 65.2 Å². The summed E-state index contributed by atoms with van der Waals surface area (Å²) in [6.45, 7) is 0. The predicted molar refractivity (Wildman–Crippen MR) is 88.7 cm³/mol. The maximum absolute atomic E-state index is 11.9. The van der Waals surface area contributed by atoms with E-state index in [2.05, 4.69) is 5.32 Å². The molecule has 2 N–H and O–H groups in total. The van der Waals surface area contributed by atoms with Crippen LogP contribution in [-0.4, -0.2) is 23.9 Å². The molecule has 0 fully saturated rings. The number of aliphatic hydroxyl groups is 1. The number of amides is 1. The lowest BCUT2D eigenvalue weighted by Gasteiger charge is -2.05. The fraction of sp³-hybridized carbons (Fsp3) is 0.0588. The zero-order valence-electron chi connectivity index (χ0n) is 12.2. The highest BCUT2D eigenvalue weighted by atomic mass is 35.5. The van der Waals surface area contributed by atoms with Crippen molar-refractivity contribution in [2.45, 2.75) is 0 Å². The summed E-state index contributed by atoms with van der Waals surface area (Å²) in [7, 11) is 1.49. The minimum absolute atomic E-state index is 0.324. The van der Waals surface area contributed by atoms with Gasteiger partial charge in [0.1, 0.15) is 11.5 Å². The number of benzene rings is 2. The highest BCUT2D eigenvalue weighted by Gasteiger charge is 2.13.